The Kier molecular flexibility index (Phi) is 4.49. The number of pyridine rings is 1. The van der Waals surface area contributed by atoms with Crippen LogP contribution in [0, 0.1) is 0 Å². The van der Waals surface area contributed by atoms with Crippen LogP contribution in [0.2, 0.25) is 0 Å². The largest absolute Gasteiger partial charge is 0.456 e. The topological polar surface area (TPSA) is 39.2 Å². The van der Waals surface area contributed by atoms with Gasteiger partial charge in [0.05, 0.1) is 4.70 Å². The van der Waals surface area contributed by atoms with E-state index in [2.05, 4.69) is 4.98 Å². The van der Waals surface area contributed by atoms with E-state index in [1.165, 1.54) is 11.3 Å². The third kappa shape index (κ3) is 3.89. The molecule has 3 rings (SSSR count). The molecule has 0 unspecified atom stereocenters. The number of esters is 1. The Balaban J connectivity index is 1.93. The highest BCUT2D eigenvalue weighted by Crippen LogP contribution is 2.30. The number of fused-ring (bicyclic) bond motifs is 1. The second kappa shape index (κ2) is 6.57. The van der Waals surface area contributed by atoms with Crippen molar-refractivity contribution in [1.82, 2.24) is 4.98 Å². The molecule has 0 aliphatic heterocycles. The number of thiophene rings is 1. The lowest BCUT2D eigenvalue weighted by Gasteiger charge is -2.18. The summed E-state index contributed by atoms with van der Waals surface area (Å²) in [5.41, 5.74) is 1.61. The molecule has 0 aliphatic rings. The summed E-state index contributed by atoms with van der Waals surface area (Å²) < 4.78 is 6.43. The number of aromatic nitrogens is 1. The first kappa shape index (κ1) is 16.4. The van der Waals surface area contributed by atoms with E-state index in [-0.39, 0.29) is 5.97 Å². The van der Waals surface area contributed by atoms with Crippen LogP contribution in [0.25, 0.3) is 22.2 Å². The number of hydrogen-bond donors (Lipinski definition) is 0. The van der Waals surface area contributed by atoms with Gasteiger partial charge >= 0.3 is 5.97 Å². The minimum absolute atomic E-state index is 0.290. The van der Waals surface area contributed by atoms with Crippen LogP contribution in [0.1, 0.15) is 41.6 Å². The van der Waals surface area contributed by atoms with Gasteiger partial charge in [0.15, 0.2) is 0 Å². The molecule has 122 valence electrons. The number of nitrogens with zero attached hydrogens (tertiary/aromatic N) is 1. The molecule has 3 nitrogen and oxygen atoms in total. The van der Waals surface area contributed by atoms with Crippen molar-refractivity contribution in [2.45, 2.75) is 26.4 Å². The van der Waals surface area contributed by atoms with Gasteiger partial charge in [-0.3, -0.25) is 4.98 Å². The summed E-state index contributed by atoms with van der Waals surface area (Å²) in [7, 11) is 0. The van der Waals surface area contributed by atoms with Crippen LogP contribution in [0.3, 0.4) is 0 Å². The molecule has 0 atom stereocenters. The van der Waals surface area contributed by atoms with Crippen molar-refractivity contribution in [3.8, 4) is 0 Å². The van der Waals surface area contributed by atoms with E-state index in [0.717, 1.165) is 21.2 Å². The van der Waals surface area contributed by atoms with Crippen molar-refractivity contribution in [3.63, 3.8) is 0 Å². The Morgan fingerprint density at radius 3 is 2.58 bits per heavy atom. The fraction of sp³-hybridized carbons (Fsp3) is 0.200. The van der Waals surface area contributed by atoms with Gasteiger partial charge in [0, 0.05) is 23.3 Å². The number of rotatable bonds is 3. The van der Waals surface area contributed by atoms with E-state index in [1.54, 1.807) is 6.20 Å². The number of carbonyl (C=O) groups is 1. The van der Waals surface area contributed by atoms with Crippen LogP contribution in [0.4, 0.5) is 0 Å². The van der Waals surface area contributed by atoms with E-state index >= 15 is 0 Å². The fourth-order valence-electron chi connectivity index (χ4n) is 2.29. The SMILES string of the molecule is CC(C)(C)OC(=O)c1cc2c(/C=C\c3ccccc3)cncc2s1. The molecule has 0 aliphatic carbocycles. The molecule has 0 spiro atoms. The molecule has 0 amide bonds. The maximum Gasteiger partial charge on any atom is 0.348 e. The van der Waals surface area contributed by atoms with Crippen molar-refractivity contribution >= 4 is 39.5 Å². The van der Waals surface area contributed by atoms with Crippen molar-refractivity contribution in [2.24, 2.45) is 0 Å². The summed E-state index contributed by atoms with van der Waals surface area (Å²) >= 11 is 1.41. The van der Waals surface area contributed by atoms with Crippen LogP contribution in [0.5, 0.6) is 0 Å². The second-order valence-corrected chi connectivity index (χ2v) is 7.58. The molecule has 0 N–H and O–H groups in total. The molecule has 3 aromatic rings. The first-order chi connectivity index (χ1) is 11.4. The van der Waals surface area contributed by atoms with Gasteiger partial charge in [-0.05, 0) is 32.4 Å². The zero-order chi connectivity index (χ0) is 17.2. The molecule has 2 heterocycles. The molecule has 1 aromatic carbocycles. The molecule has 0 saturated carbocycles. The molecule has 0 saturated heterocycles. The van der Waals surface area contributed by atoms with E-state index in [1.807, 2.05) is 75.5 Å². The van der Waals surface area contributed by atoms with Crippen LogP contribution >= 0.6 is 11.3 Å². The average Bonchev–Trinajstić information content (AvgIpc) is 2.97. The van der Waals surface area contributed by atoms with Crippen molar-refractivity contribution < 1.29 is 9.53 Å². The van der Waals surface area contributed by atoms with Crippen molar-refractivity contribution in [2.75, 3.05) is 0 Å². The quantitative estimate of drug-likeness (QED) is 0.599. The summed E-state index contributed by atoms with van der Waals surface area (Å²) in [6.45, 7) is 5.61. The van der Waals surface area contributed by atoms with Crippen LogP contribution in [-0.2, 0) is 4.74 Å². The normalized spacial score (nSPS) is 12.0. The second-order valence-electron chi connectivity index (χ2n) is 6.50. The first-order valence-electron chi connectivity index (χ1n) is 7.76. The van der Waals surface area contributed by atoms with Crippen LogP contribution < -0.4 is 0 Å². The molecule has 24 heavy (non-hydrogen) atoms. The fourth-order valence-corrected chi connectivity index (χ4v) is 3.23. The minimum Gasteiger partial charge on any atom is -0.456 e. The number of ether oxygens (including phenoxy) is 1. The van der Waals surface area contributed by atoms with Gasteiger partial charge in [-0.15, -0.1) is 11.3 Å². The lowest BCUT2D eigenvalue weighted by Crippen LogP contribution is -2.23. The molecular formula is C20H19NO2S. The summed E-state index contributed by atoms with van der Waals surface area (Å²) in [5, 5.41) is 1.02. The van der Waals surface area contributed by atoms with E-state index < -0.39 is 5.60 Å². The Bertz CT molecular complexity index is 889. The Hall–Kier alpha value is -2.46. The lowest BCUT2D eigenvalue weighted by molar-refractivity contribution is 0.00753. The third-order valence-corrected chi connectivity index (χ3v) is 4.38. The van der Waals surface area contributed by atoms with Gasteiger partial charge in [-0.1, -0.05) is 42.5 Å². The van der Waals surface area contributed by atoms with Gasteiger partial charge in [0.1, 0.15) is 10.5 Å². The van der Waals surface area contributed by atoms with Crippen LogP contribution in [-0.4, -0.2) is 16.6 Å². The third-order valence-electron chi connectivity index (χ3n) is 3.33. The Morgan fingerprint density at radius 2 is 1.88 bits per heavy atom. The van der Waals surface area contributed by atoms with Gasteiger partial charge < -0.3 is 4.74 Å². The molecule has 2 aromatic heterocycles. The smallest absolute Gasteiger partial charge is 0.348 e. The van der Waals surface area contributed by atoms with E-state index in [4.69, 9.17) is 4.74 Å². The van der Waals surface area contributed by atoms with Crippen molar-refractivity contribution in [3.05, 3.63) is 64.8 Å². The van der Waals surface area contributed by atoms with Crippen molar-refractivity contribution in [1.29, 1.82) is 0 Å². The molecule has 0 bridgehead atoms. The zero-order valence-electron chi connectivity index (χ0n) is 13.9. The highest BCUT2D eigenvalue weighted by Gasteiger charge is 2.20. The predicted molar refractivity (Wildman–Crippen MR) is 100 cm³/mol. The summed E-state index contributed by atoms with van der Waals surface area (Å²) in [6.07, 6.45) is 7.67. The molecular weight excluding hydrogens is 318 g/mol. The average molecular weight is 337 g/mol. The van der Waals surface area contributed by atoms with Gasteiger partial charge in [0.25, 0.3) is 0 Å². The maximum absolute atomic E-state index is 12.3. The number of benzene rings is 1. The van der Waals surface area contributed by atoms with E-state index in [9.17, 15) is 4.79 Å². The maximum atomic E-state index is 12.3. The predicted octanol–water partition coefficient (Wildman–Crippen LogP) is 5.42. The molecule has 0 radical (unpaired) electrons. The highest BCUT2D eigenvalue weighted by atomic mass is 32.1. The number of hydrogen-bond acceptors (Lipinski definition) is 4. The van der Waals surface area contributed by atoms with Crippen LogP contribution in [0.15, 0.2) is 48.8 Å². The first-order valence-corrected chi connectivity index (χ1v) is 8.58. The lowest BCUT2D eigenvalue weighted by atomic mass is 10.1. The monoisotopic (exact) mass is 337 g/mol. The van der Waals surface area contributed by atoms with Gasteiger partial charge in [-0.2, -0.15) is 0 Å². The number of carbonyl (C=O) groups excluding carboxylic acids is 1. The van der Waals surface area contributed by atoms with Gasteiger partial charge in [-0.25, -0.2) is 4.79 Å². The molecule has 0 fully saturated rings. The Labute approximate surface area is 145 Å². The summed E-state index contributed by atoms with van der Waals surface area (Å²) in [4.78, 5) is 17.1. The summed E-state index contributed by atoms with van der Waals surface area (Å²) in [5.74, 6) is -0.290. The Morgan fingerprint density at radius 1 is 1.12 bits per heavy atom. The zero-order valence-corrected chi connectivity index (χ0v) is 14.8. The standard InChI is InChI=1S/C20H19NO2S/c1-20(2,3)23-19(22)17-11-16-15(12-21-13-18(16)24-17)10-9-14-7-5-4-6-8-14/h4-13H,1-3H3/b10-9-. The van der Waals surface area contributed by atoms with E-state index in [0.29, 0.717) is 4.88 Å². The molecule has 4 heteroatoms. The minimum atomic E-state index is -0.498. The highest BCUT2D eigenvalue weighted by molar-refractivity contribution is 7.20. The summed E-state index contributed by atoms with van der Waals surface area (Å²) in [6, 6.07) is 12.0. The van der Waals surface area contributed by atoms with Gasteiger partial charge in [0.2, 0.25) is 0 Å².